The second-order valence-electron chi connectivity index (χ2n) is 5.81. The van der Waals surface area contributed by atoms with Gasteiger partial charge in [0.05, 0.1) is 19.3 Å². The molecule has 2 rings (SSSR count). The molecule has 0 fully saturated rings. The van der Waals surface area contributed by atoms with Gasteiger partial charge in [-0.1, -0.05) is 24.3 Å². The Morgan fingerprint density at radius 3 is 2.58 bits per heavy atom. The van der Waals surface area contributed by atoms with E-state index in [1.807, 2.05) is 32.0 Å². The Morgan fingerprint density at radius 2 is 1.92 bits per heavy atom. The molecule has 0 aliphatic heterocycles. The molecule has 0 saturated carbocycles. The molecule has 4 nitrogen and oxygen atoms in total. The Morgan fingerprint density at radius 1 is 1.17 bits per heavy atom. The lowest BCUT2D eigenvalue weighted by molar-refractivity contribution is 0.169. The van der Waals surface area contributed by atoms with E-state index in [9.17, 15) is 9.50 Å². The van der Waals surface area contributed by atoms with Gasteiger partial charge in [0.25, 0.3) is 0 Å². The normalized spacial score (nSPS) is 12.2. The maximum atomic E-state index is 13.7. The van der Waals surface area contributed by atoms with Gasteiger partial charge in [-0.15, -0.1) is 0 Å². The van der Waals surface area contributed by atoms with Gasteiger partial charge in [0.1, 0.15) is 17.3 Å². The van der Waals surface area contributed by atoms with Gasteiger partial charge in [-0.25, -0.2) is 4.39 Å². The van der Waals surface area contributed by atoms with Crippen LogP contribution in [0, 0.1) is 5.82 Å². The minimum absolute atomic E-state index is 0.0415. The molecule has 24 heavy (non-hydrogen) atoms. The van der Waals surface area contributed by atoms with E-state index in [0.717, 1.165) is 17.1 Å². The molecule has 2 N–H and O–H groups in total. The van der Waals surface area contributed by atoms with Gasteiger partial charge in [0, 0.05) is 30.3 Å². The number of methoxy groups -OCH3 is 1. The average molecular weight is 333 g/mol. The molecule has 0 amide bonds. The Bertz CT molecular complexity index is 661. The van der Waals surface area contributed by atoms with E-state index < -0.39 is 11.9 Å². The van der Waals surface area contributed by atoms with Crippen LogP contribution >= 0.6 is 0 Å². The monoisotopic (exact) mass is 333 g/mol. The molecule has 0 radical (unpaired) electrons. The third-order valence-electron chi connectivity index (χ3n) is 3.55. The summed E-state index contributed by atoms with van der Waals surface area (Å²) < 4.78 is 24.7. The molecule has 5 heteroatoms. The molecule has 1 unspecified atom stereocenters. The fourth-order valence-electron chi connectivity index (χ4n) is 2.37. The molecule has 2 aromatic carbocycles. The van der Waals surface area contributed by atoms with Crippen LogP contribution in [-0.2, 0) is 6.54 Å². The lowest BCUT2D eigenvalue weighted by atomic mass is 10.1. The van der Waals surface area contributed by atoms with Crippen LogP contribution in [0.25, 0.3) is 0 Å². The lowest BCUT2D eigenvalue weighted by Gasteiger charge is -2.17. The van der Waals surface area contributed by atoms with Crippen LogP contribution in [0.2, 0.25) is 0 Å². The molecule has 0 spiro atoms. The smallest absolute Gasteiger partial charge is 0.129 e. The van der Waals surface area contributed by atoms with Crippen LogP contribution in [0.3, 0.4) is 0 Å². The van der Waals surface area contributed by atoms with Crippen molar-refractivity contribution in [2.75, 3.05) is 13.7 Å². The summed E-state index contributed by atoms with van der Waals surface area (Å²) in [5.41, 5.74) is 1.24. The summed E-state index contributed by atoms with van der Waals surface area (Å²) in [6.07, 6.45) is -0.862. The highest BCUT2D eigenvalue weighted by Gasteiger charge is 2.13. The van der Waals surface area contributed by atoms with E-state index in [1.54, 1.807) is 25.3 Å². The van der Waals surface area contributed by atoms with E-state index in [2.05, 4.69) is 5.32 Å². The van der Waals surface area contributed by atoms with E-state index in [-0.39, 0.29) is 12.6 Å². The van der Waals surface area contributed by atoms with Gasteiger partial charge >= 0.3 is 0 Å². The fraction of sp³-hybridized carbons (Fsp3) is 0.368. The zero-order valence-electron chi connectivity index (χ0n) is 14.3. The molecule has 0 saturated heterocycles. The summed E-state index contributed by atoms with van der Waals surface area (Å²) in [5, 5.41) is 13.3. The first kappa shape index (κ1) is 18.2. The largest absolute Gasteiger partial charge is 0.497 e. The number of hydrogen-bond donors (Lipinski definition) is 2. The molecule has 0 aromatic heterocycles. The first-order chi connectivity index (χ1) is 11.5. The van der Waals surface area contributed by atoms with E-state index in [0.29, 0.717) is 12.1 Å². The van der Waals surface area contributed by atoms with Crippen LogP contribution in [0.4, 0.5) is 4.39 Å². The predicted molar refractivity (Wildman–Crippen MR) is 91.8 cm³/mol. The second kappa shape index (κ2) is 8.66. The third kappa shape index (κ3) is 4.94. The van der Waals surface area contributed by atoms with Crippen LogP contribution in [0.15, 0.2) is 42.5 Å². The van der Waals surface area contributed by atoms with E-state index >= 15 is 0 Å². The van der Waals surface area contributed by atoms with E-state index in [4.69, 9.17) is 9.47 Å². The highest BCUT2D eigenvalue weighted by molar-refractivity contribution is 5.40. The van der Waals surface area contributed by atoms with Crippen molar-refractivity contribution in [1.29, 1.82) is 0 Å². The zero-order valence-corrected chi connectivity index (χ0v) is 14.3. The highest BCUT2D eigenvalue weighted by atomic mass is 19.1. The number of aliphatic hydroxyl groups excluding tert-OH is 1. The summed E-state index contributed by atoms with van der Waals surface area (Å²) in [7, 11) is 1.61. The topological polar surface area (TPSA) is 50.7 Å². The summed E-state index contributed by atoms with van der Waals surface area (Å²) in [6.45, 7) is 4.66. The molecule has 0 aliphatic carbocycles. The number of halogens is 1. The number of ether oxygens (including phenoxy) is 2. The van der Waals surface area contributed by atoms with Gasteiger partial charge in [-0.05, 0) is 26.0 Å². The van der Waals surface area contributed by atoms with Crippen molar-refractivity contribution < 1.29 is 19.0 Å². The van der Waals surface area contributed by atoms with Crippen molar-refractivity contribution in [3.05, 3.63) is 59.4 Å². The second-order valence-corrected chi connectivity index (χ2v) is 5.81. The molecule has 130 valence electrons. The van der Waals surface area contributed by atoms with Gasteiger partial charge in [0.2, 0.25) is 0 Å². The standard InChI is InChI=1S/C19H24FNO3/c1-13(2)24-19-10-15(23-3)9-8-14(19)11-21-12-18(22)16-6-4-5-7-17(16)20/h4-10,13,18,21-22H,11-12H2,1-3H3. The van der Waals surface area contributed by atoms with Crippen LogP contribution in [0.1, 0.15) is 31.1 Å². The van der Waals surface area contributed by atoms with Gasteiger partial charge in [-0.2, -0.15) is 0 Å². The van der Waals surface area contributed by atoms with Gasteiger partial charge < -0.3 is 19.9 Å². The molecule has 0 heterocycles. The minimum Gasteiger partial charge on any atom is -0.497 e. The van der Waals surface area contributed by atoms with Crippen LogP contribution in [-0.4, -0.2) is 24.9 Å². The Kier molecular flexibility index (Phi) is 6.58. The van der Waals surface area contributed by atoms with Crippen molar-refractivity contribution in [3.8, 4) is 11.5 Å². The number of hydrogen-bond acceptors (Lipinski definition) is 4. The van der Waals surface area contributed by atoms with Crippen molar-refractivity contribution in [2.24, 2.45) is 0 Å². The molecule has 0 bridgehead atoms. The van der Waals surface area contributed by atoms with Crippen molar-refractivity contribution >= 4 is 0 Å². The van der Waals surface area contributed by atoms with Crippen molar-refractivity contribution in [3.63, 3.8) is 0 Å². The van der Waals surface area contributed by atoms with Crippen LogP contribution < -0.4 is 14.8 Å². The Labute approximate surface area is 142 Å². The highest BCUT2D eigenvalue weighted by Crippen LogP contribution is 2.26. The van der Waals surface area contributed by atoms with E-state index in [1.165, 1.54) is 6.07 Å². The van der Waals surface area contributed by atoms with Crippen LogP contribution in [0.5, 0.6) is 11.5 Å². The van der Waals surface area contributed by atoms with Gasteiger partial charge in [-0.3, -0.25) is 0 Å². The first-order valence-electron chi connectivity index (χ1n) is 7.98. The number of rotatable bonds is 8. The van der Waals surface area contributed by atoms with Gasteiger partial charge in [0.15, 0.2) is 0 Å². The molecule has 0 aliphatic rings. The zero-order chi connectivity index (χ0) is 17.5. The first-order valence-corrected chi connectivity index (χ1v) is 7.98. The number of aliphatic hydroxyl groups is 1. The predicted octanol–water partition coefficient (Wildman–Crippen LogP) is 3.44. The Balaban J connectivity index is 2.00. The molecule has 2 aromatic rings. The third-order valence-corrected chi connectivity index (χ3v) is 3.55. The molecule has 1 atom stereocenters. The average Bonchev–Trinajstić information content (AvgIpc) is 2.55. The lowest BCUT2D eigenvalue weighted by Crippen LogP contribution is -2.22. The molecular formula is C19H24FNO3. The fourth-order valence-corrected chi connectivity index (χ4v) is 2.37. The summed E-state index contributed by atoms with van der Waals surface area (Å²) in [5.74, 6) is 1.05. The summed E-state index contributed by atoms with van der Waals surface area (Å²) in [6, 6.07) is 11.9. The summed E-state index contributed by atoms with van der Waals surface area (Å²) >= 11 is 0. The Hall–Kier alpha value is -2.11. The van der Waals surface area contributed by atoms with Crippen molar-refractivity contribution in [1.82, 2.24) is 5.32 Å². The van der Waals surface area contributed by atoms with Crippen molar-refractivity contribution in [2.45, 2.75) is 32.6 Å². The SMILES string of the molecule is COc1ccc(CNCC(O)c2ccccc2F)c(OC(C)C)c1. The number of nitrogens with one attached hydrogen (secondary N) is 1. The maximum Gasteiger partial charge on any atom is 0.129 e. The maximum absolute atomic E-state index is 13.7. The molecular weight excluding hydrogens is 309 g/mol. The quantitative estimate of drug-likeness (QED) is 0.777. The number of benzene rings is 2. The summed E-state index contributed by atoms with van der Waals surface area (Å²) in [4.78, 5) is 0. The minimum atomic E-state index is -0.904.